The van der Waals surface area contributed by atoms with Crippen LogP contribution in [0.1, 0.15) is 37.4 Å². The lowest BCUT2D eigenvalue weighted by atomic mass is 9.82. The Morgan fingerprint density at radius 1 is 0.825 bits per heavy atom. The maximum Gasteiger partial charge on any atom is 0.229 e. The number of carbonyl (C=O) groups is 2. The molecule has 0 aromatic heterocycles. The fourth-order valence-corrected chi connectivity index (χ4v) is 4.90. The number of fused-ring (bicyclic) bond motifs is 2. The second kappa shape index (κ2) is 11.1. The number of ether oxygens (including phenoxy) is 4. The number of carbonyl (C=O) groups excluding carboxylic acids is 2. The lowest BCUT2D eigenvalue weighted by molar-refractivity contribution is -0.307. The van der Waals surface area contributed by atoms with Gasteiger partial charge in [-0.05, 0) is 6.07 Å². The molecule has 2 aromatic rings. The molecule has 9 atom stereocenters. The van der Waals surface area contributed by atoms with Gasteiger partial charge in [0.25, 0.3) is 0 Å². The van der Waals surface area contributed by atoms with Crippen molar-refractivity contribution in [3.8, 4) is 11.5 Å². The van der Waals surface area contributed by atoms with Crippen LogP contribution >= 0.6 is 0 Å². The molecule has 40 heavy (non-hydrogen) atoms. The molecule has 0 amide bonds. The number of aliphatic hydroxyl groups is 7. The van der Waals surface area contributed by atoms with Gasteiger partial charge in [-0.25, -0.2) is 0 Å². The van der Waals surface area contributed by atoms with Crippen molar-refractivity contribution in [3.63, 3.8) is 0 Å². The van der Waals surface area contributed by atoms with E-state index in [0.717, 1.165) is 6.07 Å². The highest BCUT2D eigenvalue weighted by Crippen LogP contribution is 2.41. The van der Waals surface area contributed by atoms with E-state index >= 15 is 0 Å². The fourth-order valence-electron chi connectivity index (χ4n) is 4.90. The Labute approximate surface area is 226 Å². The minimum atomic E-state index is -1.86. The van der Waals surface area contributed by atoms with Crippen LogP contribution < -0.4 is 4.74 Å². The Morgan fingerprint density at radius 3 is 2.15 bits per heavy atom. The van der Waals surface area contributed by atoms with E-state index in [4.69, 9.17) is 18.9 Å². The molecule has 2 aliphatic heterocycles. The minimum Gasteiger partial charge on any atom is -0.507 e. The maximum absolute atomic E-state index is 13.1. The Kier molecular flexibility index (Phi) is 7.91. The highest BCUT2D eigenvalue weighted by atomic mass is 16.7. The van der Waals surface area contributed by atoms with E-state index in [9.17, 15) is 50.4 Å². The maximum atomic E-state index is 13.1. The molecule has 2 fully saturated rings. The number of phenols is 1. The summed E-state index contributed by atoms with van der Waals surface area (Å²) in [6.07, 6.45) is -14.5. The number of hydrogen-bond acceptors (Lipinski definition) is 14. The van der Waals surface area contributed by atoms with Gasteiger partial charge in [-0.15, -0.1) is 0 Å². The van der Waals surface area contributed by atoms with E-state index in [2.05, 4.69) is 0 Å². The van der Waals surface area contributed by atoms with Crippen molar-refractivity contribution in [3.05, 3.63) is 58.1 Å². The van der Waals surface area contributed by atoms with Crippen LogP contribution in [0.15, 0.2) is 30.3 Å². The zero-order valence-corrected chi connectivity index (χ0v) is 20.7. The van der Waals surface area contributed by atoms with Gasteiger partial charge in [0.1, 0.15) is 54.2 Å². The Bertz CT molecular complexity index is 1300. The zero-order valence-electron chi connectivity index (χ0n) is 20.7. The molecule has 216 valence electrons. The van der Waals surface area contributed by atoms with Crippen LogP contribution in [0, 0.1) is 0 Å². The third-order valence-electron chi connectivity index (χ3n) is 7.20. The summed E-state index contributed by atoms with van der Waals surface area (Å²) in [5.74, 6) is -2.29. The normalized spacial score (nSPS) is 33.8. The molecular weight excluding hydrogens is 536 g/mol. The molecule has 8 N–H and O–H groups in total. The number of aliphatic hydroxyl groups excluding tert-OH is 7. The Balaban J connectivity index is 1.39. The molecule has 0 saturated carbocycles. The van der Waals surface area contributed by atoms with Gasteiger partial charge in [-0.3, -0.25) is 9.59 Å². The molecule has 14 nitrogen and oxygen atoms in total. The van der Waals surface area contributed by atoms with Gasteiger partial charge in [0.2, 0.25) is 6.29 Å². The van der Waals surface area contributed by atoms with E-state index in [1.807, 2.05) is 0 Å². The Morgan fingerprint density at radius 2 is 1.48 bits per heavy atom. The third-order valence-corrected chi connectivity index (χ3v) is 7.20. The molecule has 0 unspecified atom stereocenters. The summed E-state index contributed by atoms with van der Waals surface area (Å²) < 4.78 is 21.7. The SMILES string of the molecule is O=C1c2ccccc2C(=O)c2c1cc(O[C@@H]1O[C@H](CO[C@H]3OC[C@@H](O)[C@@H](O)[C@H]3O)[C@@H](O)[C@H](O)[C@H]1O)c(CO)c2O. The second-order valence-electron chi connectivity index (χ2n) is 9.70. The smallest absolute Gasteiger partial charge is 0.229 e. The van der Waals surface area contributed by atoms with Crippen molar-refractivity contribution in [1.82, 2.24) is 0 Å². The first-order valence-corrected chi connectivity index (χ1v) is 12.4. The molecular formula is C26H28O14. The average molecular weight is 564 g/mol. The standard InChI is InChI=1S/C26H28O14/c27-6-12-14(5-11-16(19(12)31)18(30)10-4-2-1-3-9(10)17(11)29)39-26-24(36)22(34)21(33)15(40-26)8-38-25-23(35)20(32)13(28)7-37-25/h1-5,13,15,20-28,31-36H,6-8H2/t13-,15-,20-,21-,22+,23-,24-,25-,26-/m1/s1. The van der Waals surface area contributed by atoms with Crippen molar-refractivity contribution in [2.45, 2.75) is 61.9 Å². The average Bonchev–Trinajstić information content (AvgIpc) is 2.95. The molecule has 0 spiro atoms. The number of ketones is 2. The first-order chi connectivity index (χ1) is 19.0. The lowest BCUT2D eigenvalue weighted by Crippen LogP contribution is -2.61. The molecule has 2 saturated heterocycles. The van der Waals surface area contributed by atoms with Gasteiger partial charge in [-0.2, -0.15) is 0 Å². The topological polar surface area (TPSA) is 233 Å². The number of benzene rings is 2. The number of rotatable bonds is 6. The monoisotopic (exact) mass is 564 g/mol. The molecule has 1 aliphatic carbocycles. The highest BCUT2D eigenvalue weighted by Gasteiger charge is 2.47. The Hall–Kier alpha value is -3.02. The molecule has 5 rings (SSSR count). The quantitative estimate of drug-likeness (QED) is 0.152. The second-order valence-corrected chi connectivity index (χ2v) is 9.70. The predicted octanol–water partition coefficient (Wildman–Crippen LogP) is -2.70. The summed E-state index contributed by atoms with van der Waals surface area (Å²) in [7, 11) is 0. The van der Waals surface area contributed by atoms with E-state index in [1.54, 1.807) is 12.1 Å². The summed E-state index contributed by atoms with van der Waals surface area (Å²) in [4.78, 5) is 26.2. The first kappa shape index (κ1) is 28.5. The summed E-state index contributed by atoms with van der Waals surface area (Å²) in [5, 5.41) is 81.6. The van der Waals surface area contributed by atoms with Gasteiger partial charge in [0.05, 0.1) is 30.9 Å². The lowest BCUT2D eigenvalue weighted by Gasteiger charge is -2.41. The molecule has 14 heteroatoms. The van der Waals surface area contributed by atoms with E-state index < -0.39 is 85.8 Å². The van der Waals surface area contributed by atoms with E-state index in [-0.39, 0.29) is 40.2 Å². The summed E-state index contributed by atoms with van der Waals surface area (Å²) in [6.45, 7) is -1.73. The van der Waals surface area contributed by atoms with Crippen molar-refractivity contribution < 1.29 is 69.4 Å². The van der Waals surface area contributed by atoms with Gasteiger partial charge in [-0.1, -0.05) is 24.3 Å². The van der Waals surface area contributed by atoms with Crippen LogP contribution in [-0.2, 0) is 20.8 Å². The first-order valence-electron chi connectivity index (χ1n) is 12.4. The minimum absolute atomic E-state index is 0.0768. The van der Waals surface area contributed by atoms with Crippen LogP contribution in [0.3, 0.4) is 0 Å². The van der Waals surface area contributed by atoms with Gasteiger partial charge in [0, 0.05) is 16.7 Å². The van der Waals surface area contributed by atoms with E-state index in [1.165, 1.54) is 12.1 Å². The van der Waals surface area contributed by atoms with Gasteiger partial charge in [0.15, 0.2) is 17.9 Å². The van der Waals surface area contributed by atoms with Crippen LogP contribution in [0.25, 0.3) is 0 Å². The third kappa shape index (κ3) is 4.77. The highest BCUT2D eigenvalue weighted by molar-refractivity contribution is 6.29. The number of aromatic hydroxyl groups is 1. The van der Waals surface area contributed by atoms with Gasteiger partial charge >= 0.3 is 0 Å². The van der Waals surface area contributed by atoms with Crippen LogP contribution in [0.4, 0.5) is 0 Å². The van der Waals surface area contributed by atoms with Crippen molar-refractivity contribution in [2.24, 2.45) is 0 Å². The summed E-state index contributed by atoms with van der Waals surface area (Å²) >= 11 is 0. The molecule has 0 radical (unpaired) electrons. The summed E-state index contributed by atoms with van der Waals surface area (Å²) in [5.41, 5.74) is -0.673. The van der Waals surface area contributed by atoms with E-state index in [0.29, 0.717) is 0 Å². The molecule has 3 aliphatic rings. The molecule has 2 heterocycles. The molecule has 2 aromatic carbocycles. The summed E-state index contributed by atoms with van der Waals surface area (Å²) in [6, 6.07) is 7.11. The largest absolute Gasteiger partial charge is 0.507 e. The van der Waals surface area contributed by atoms with Crippen molar-refractivity contribution in [1.29, 1.82) is 0 Å². The molecule has 0 bridgehead atoms. The van der Waals surface area contributed by atoms with Gasteiger partial charge < -0.3 is 59.8 Å². The van der Waals surface area contributed by atoms with Crippen LogP contribution in [-0.4, -0.2) is 121 Å². The van der Waals surface area contributed by atoms with Crippen LogP contribution in [0.5, 0.6) is 11.5 Å². The number of hydrogen-bond donors (Lipinski definition) is 8. The van der Waals surface area contributed by atoms with Crippen molar-refractivity contribution in [2.75, 3.05) is 13.2 Å². The fraction of sp³-hybridized carbons (Fsp3) is 0.462. The van der Waals surface area contributed by atoms with Crippen LogP contribution in [0.2, 0.25) is 0 Å². The van der Waals surface area contributed by atoms with Crippen molar-refractivity contribution >= 4 is 11.6 Å². The predicted molar refractivity (Wildman–Crippen MR) is 128 cm³/mol. The zero-order chi connectivity index (χ0) is 28.9.